The van der Waals surface area contributed by atoms with Gasteiger partial charge in [0.2, 0.25) is 5.91 Å². The summed E-state index contributed by atoms with van der Waals surface area (Å²) in [4.78, 5) is 29.4. The van der Waals surface area contributed by atoms with E-state index >= 15 is 0 Å². The molecule has 0 spiro atoms. The van der Waals surface area contributed by atoms with Crippen molar-refractivity contribution in [2.24, 2.45) is 0 Å². The monoisotopic (exact) mass is 432 g/mol. The standard InChI is InChI=1S/C24H24N4O2S/c29-22(25-18-10-11-18)17-8-6-16(7-9-17)21-14-31-24(27-21)28-23(30)20-13-12-19(26-20)15-4-2-1-3-5-15/h1-9,14,18-20,26H,10-13H2,(H,25,29)(H,27,28,30)/t19-,20+/m1/s1. The summed E-state index contributed by atoms with van der Waals surface area (Å²) in [6, 6.07) is 18.0. The smallest absolute Gasteiger partial charge is 0.251 e. The van der Waals surface area contributed by atoms with Gasteiger partial charge >= 0.3 is 0 Å². The molecule has 31 heavy (non-hydrogen) atoms. The average Bonchev–Trinajstić information content (AvgIpc) is 3.27. The van der Waals surface area contributed by atoms with Crippen molar-refractivity contribution in [2.75, 3.05) is 5.32 Å². The molecule has 1 aliphatic heterocycles. The molecule has 5 rings (SSSR count). The van der Waals surface area contributed by atoms with Crippen LogP contribution in [0.25, 0.3) is 11.3 Å². The number of nitrogens with zero attached hydrogens (tertiary/aromatic N) is 1. The molecule has 3 aromatic rings. The van der Waals surface area contributed by atoms with Gasteiger partial charge in [-0.05, 0) is 43.4 Å². The van der Waals surface area contributed by atoms with Gasteiger partial charge in [-0.15, -0.1) is 11.3 Å². The highest BCUT2D eigenvalue weighted by atomic mass is 32.1. The lowest BCUT2D eigenvalue weighted by molar-refractivity contribution is -0.117. The number of carbonyl (C=O) groups excluding carboxylic acids is 2. The summed E-state index contributed by atoms with van der Waals surface area (Å²) in [6.45, 7) is 0. The topological polar surface area (TPSA) is 83.1 Å². The summed E-state index contributed by atoms with van der Waals surface area (Å²) in [7, 11) is 0. The van der Waals surface area contributed by atoms with Gasteiger partial charge in [0, 0.05) is 28.6 Å². The van der Waals surface area contributed by atoms with Crippen LogP contribution in [0.15, 0.2) is 60.0 Å². The minimum Gasteiger partial charge on any atom is -0.349 e. The van der Waals surface area contributed by atoms with E-state index in [2.05, 4.69) is 33.1 Å². The van der Waals surface area contributed by atoms with E-state index in [1.165, 1.54) is 16.9 Å². The maximum absolute atomic E-state index is 12.7. The van der Waals surface area contributed by atoms with E-state index in [0.717, 1.165) is 36.9 Å². The molecule has 1 saturated carbocycles. The fraction of sp³-hybridized carbons (Fsp3) is 0.292. The van der Waals surface area contributed by atoms with Crippen molar-refractivity contribution in [2.45, 2.75) is 43.8 Å². The molecule has 2 fully saturated rings. The first kappa shape index (κ1) is 19.9. The van der Waals surface area contributed by atoms with Crippen LogP contribution in [0.3, 0.4) is 0 Å². The van der Waals surface area contributed by atoms with Crippen LogP contribution in [-0.4, -0.2) is 28.9 Å². The second-order valence-corrected chi connectivity index (χ2v) is 8.97. The number of benzene rings is 2. The van der Waals surface area contributed by atoms with Gasteiger partial charge in [-0.2, -0.15) is 0 Å². The summed E-state index contributed by atoms with van der Waals surface area (Å²) < 4.78 is 0. The maximum atomic E-state index is 12.7. The Balaban J connectivity index is 1.19. The van der Waals surface area contributed by atoms with E-state index < -0.39 is 0 Å². The summed E-state index contributed by atoms with van der Waals surface area (Å²) >= 11 is 1.41. The molecule has 1 aromatic heterocycles. The fourth-order valence-electron chi connectivity index (χ4n) is 3.84. The molecule has 7 heteroatoms. The zero-order chi connectivity index (χ0) is 21.2. The Bertz CT molecular complexity index is 1080. The molecule has 1 saturated heterocycles. The molecule has 1 aliphatic carbocycles. The molecular weight excluding hydrogens is 408 g/mol. The molecule has 2 heterocycles. The zero-order valence-electron chi connectivity index (χ0n) is 17.0. The second kappa shape index (κ2) is 8.61. The number of rotatable bonds is 6. The molecule has 2 aliphatic rings. The van der Waals surface area contributed by atoms with Crippen LogP contribution in [0.2, 0.25) is 0 Å². The molecule has 0 radical (unpaired) electrons. The molecule has 2 atom stereocenters. The Morgan fingerprint density at radius 2 is 1.74 bits per heavy atom. The average molecular weight is 433 g/mol. The van der Waals surface area contributed by atoms with Crippen molar-refractivity contribution in [3.63, 3.8) is 0 Å². The first-order chi connectivity index (χ1) is 15.2. The summed E-state index contributed by atoms with van der Waals surface area (Å²) in [5.41, 5.74) is 3.57. The summed E-state index contributed by atoms with van der Waals surface area (Å²) in [5.74, 6) is -0.0791. The van der Waals surface area contributed by atoms with Gasteiger partial charge in [-0.3, -0.25) is 14.9 Å². The van der Waals surface area contributed by atoms with E-state index in [9.17, 15) is 9.59 Å². The number of hydrogen-bond donors (Lipinski definition) is 3. The number of aromatic nitrogens is 1. The van der Waals surface area contributed by atoms with Gasteiger partial charge in [0.15, 0.2) is 5.13 Å². The molecular formula is C24H24N4O2S. The highest BCUT2D eigenvalue weighted by Gasteiger charge is 2.30. The van der Waals surface area contributed by atoms with Crippen LogP contribution >= 0.6 is 11.3 Å². The van der Waals surface area contributed by atoms with Crippen molar-refractivity contribution in [1.29, 1.82) is 0 Å². The van der Waals surface area contributed by atoms with Gasteiger partial charge in [-0.25, -0.2) is 4.98 Å². The zero-order valence-corrected chi connectivity index (χ0v) is 17.8. The molecule has 2 aromatic carbocycles. The van der Waals surface area contributed by atoms with Crippen LogP contribution in [0.4, 0.5) is 5.13 Å². The Morgan fingerprint density at radius 3 is 2.48 bits per heavy atom. The lowest BCUT2D eigenvalue weighted by Crippen LogP contribution is -2.36. The molecule has 158 valence electrons. The number of hydrogen-bond acceptors (Lipinski definition) is 5. The Hall–Kier alpha value is -3.03. The number of amides is 2. The van der Waals surface area contributed by atoms with Crippen LogP contribution in [0.5, 0.6) is 0 Å². The van der Waals surface area contributed by atoms with E-state index in [-0.39, 0.29) is 23.9 Å². The van der Waals surface area contributed by atoms with Gasteiger partial charge < -0.3 is 10.6 Å². The van der Waals surface area contributed by atoms with Gasteiger partial charge in [0.1, 0.15) is 0 Å². The Morgan fingerprint density at radius 1 is 0.968 bits per heavy atom. The van der Waals surface area contributed by atoms with Crippen LogP contribution in [-0.2, 0) is 4.79 Å². The number of carbonyl (C=O) groups is 2. The predicted octanol–water partition coefficient (Wildman–Crippen LogP) is 4.13. The van der Waals surface area contributed by atoms with E-state index in [1.807, 2.05) is 47.8 Å². The van der Waals surface area contributed by atoms with Crippen LogP contribution in [0, 0.1) is 0 Å². The van der Waals surface area contributed by atoms with Crippen molar-refractivity contribution in [3.05, 3.63) is 71.1 Å². The molecule has 6 nitrogen and oxygen atoms in total. The lowest BCUT2D eigenvalue weighted by atomic mass is 10.1. The third-order valence-electron chi connectivity index (χ3n) is 5.75. The van der Waals surface area contributed by atoms with Crippen molar-refractivity contribution >= 4 is 28.3 Å². The molecule has 0 bridgehead atoms. The van der Waals surface area contributed by atoms with Crippen molar-refractivity contribution < 1.29 is 9.59 Å². The Kier molecular flexibility index (Phi) is 5.53. The summed E-state index contributed by atoms with van der Waals surface area (Å²) in [5, 5.41) is 11.9. The number of thiazole rings is 1. The molecule has 3 N–H and O–H groups in total. The largest absolute Gasteiger partial charge is 0.349 e. The minimum atomic E-state index is -0.221. The van der Waals surface area contributed by atoms with E-state index in [4.69, 9.17) is 0 Å². The van der Waals surface area contributed by atoms with Crippen LogP contribution in [0.1, 0.15) is 47.6 Å². The molecule has 0 unspecified atom stereocenters. The third kappa shape index (κ3) is 4.68. The third-order valence-corrected chi connectivity index (χ3v) is 6.51. The number of anilines is 1. The summed E-state index contributed by atoms with van der Waals surface area (Å²) in [6.07, 6.45) is 3.88. The quantitative estimate of drug-likeness (QED) is 0.547. The first-order valence-electron chi connectivity index (χ1n) is 10.6. The van der Waals surface area contributed by atoms with Gasteiger partial charge in [0.25, 0.3) is 5.91 Å². The van der Waals surface area contributed by atoms with E-state index in [1.54, 1.807) is 0 Å². The second-order valence-electron chi connectivity index (χ2n) is 8.11. The predicted molar refractivity (Wildman–Crippen MR) is 122 cm³/mol. The van der Waals surface area contributed by atoms with Crippen LogP contribution < -0.4 is 16.0 Å². The van der Waals surface area contributed by atoms with Gasteiger partial charge in [-0.1, -0.05) is 42.5 Å². The highest BCUT2D eigenvalue weighted by Crippen LogP contribution is 2.29. The van der Waals surface area contributed by atoms with Crippen molar-refractivity contribution in [1.82, 2.24) is 15.6 Å². The highest BCUT2D eigenvalue weighted by molar-refractivity contribution is 7.14. The normalized spacial score (nSPS) is 20.4. The SMILES string of the molecule is O=C(NC1CC1)c1ccc(-c2csc(NC(=O)[C@@H]3CC[C@H](c4ccccc4)N3)n2)cc1. The Labute approximate surface area is 185 Å². The minimum absolute atomic E-state index is 0.0295. The first-order valence-corrected chi connectivity index (χ1v) is 11.5. The van der Waals surface area contributed by atoms with E-state index in [0.29, 0.717) is 16.7 Å². The van der Waals surface area contributed by atoms with Gasteiger partial charge in [0.05, 0.1) is 11.7 Å². The lowest BCUT2D eigenvalue weighted by Gasteiger charge is -2.14. The number of nitrogens with one attached hydrogen (secondary N) is 3. The molecule has 2 amide bonds. The maximum Gasteiger partial charge on any atom is 0.251 e. The van der Waals surface area contributed by atoms with Crippen molar-refractivity contribution in [3.8, 4) is 11.3 Å². The fourth-order valence-corrected chi connectivity index (χ4v) is 4.57.